The molecule has 0 radical (unpaired) electrons. The molecule has 0 bridgehead atoms. The van der Waals surface area contributed by atoms with Gasteiger partial charge in [-0.25, -0.2) is 4.79 Å². The quantitative estimate of drug-likeness (QED) is 0.462. The van der Waals surface area contributed by atoms with Crippen LogP contribution < -0.4 is 5.73 Å². The number of carboxylic acid groups (broad SMARTS) is 1. The van der Waals surface area contributed by atoms with Crippen LogP contribution in [-0.4, -0.2) is 27.9 Å². The van der Waals surface area contributed by atoms with Crippen molar-refractivity contribution in [2.45, 2.75) is 19.6 Å². The van der Waals surface area contributed by atoms with Gasteiger partial charge >= 0.3 is 5.97 Å². The van der Waals surface area contributed by atoms with Gasteiger partial charge in [0.15, 0.2) is 0 Å². The molecule has 0 heterocycles. The third-order valence-corrected chi connectivity index (χ3v) is 3.72. The predicted molar refractivity (Wildman–Crippen MR) is 49.7 cm³/mol. The number of carboxylic acids is 1. The summed E-state index contributed by atoms with van der Waals surface area (Å²) in [5.74, 6) is -2.08. The van der Waals surface area contributed by atoms with Crippen molar-refractivity contribution in [3.8, 4) is 0 Å². The van der Waals surface area contributed by atoms with Crippen LogP contribution >= 0.6 is 7.37 Å². The Morgan fingerprint density at radius 2 is 2.15 bits per heavy atom. The third-order valence-electron chi connectivity index (χ3n) is 1.66. The number of carbonyl (C=O) groups is 1. The van der Waals surface area contributed by atoms with Crippen LogP contribution in [0.2, 0.25) is 0 Å². The minimum Gasteiger partial charge on any atom is -0.478 e. The summed E-state index contributed by atoms with van der Waals surface area (Å²) in [6.07, 6.45) is 0.921. The van der Waals surface area contributed by atoms with E-state index in [1.54, 1.807) is 0 Å². The normalized spacial score (nSPS) is 19.2. The first-order valence-electron chi connectivity index (χ1n) is 3.76. The second-order valence-electron chi connectivity index (χ2n) is 2.77. The predicted octanol–water partition coefficient (Wildman–Crippen LogP) is 0.592. The molecule has 0 fully saturated rings. The van der Waals surface area contributed by atoms with Gasteiger partial charge in [0.25, 0.3) is 0 Å². The molecule has 2 atom stereocenters. The minimum atomic E-state index is -3.56. The molecule has 0 spiro atoms. The van der Waals surface area contributed by atoms with Crippen LogP contribution in [0.5, 0.6) is 0 Å². The van der Waals surface area contributed by atoms with Gasteiger partial charge in [0.2, 0.25) is 7.37 Å². The van der Waals surface area contributed by atoms with Crippen LogP contribution in [0.3, 0.4) is 0 Å². The molecular formula is C7H14NO4P. The molecule has 0 aliphatic rings. The van der Waals surface area contributed by atoms with Crippen molar-refractivity contribution in [3.63, 3.8) is 0 Å². The maximum absolute atomic E-state index is 11.3. The van der Waals surface area contributed by atoms with E-state index in [4.69, 9.17) is 10.8 Å². The third kappa shape index (κ3) is 3.72. The van der Waals surface area contributed by atoms with Gasteiger partial charge in [0.05, 0.1) is 11.9 Å². The van der Waals surface area contributed by atoms with E-state index in [-0.39, 0.29) is 11.7 Å². The van der Waals surface area contributed by atoms with Crippen molar-refractivity contribution in [3.05, 3.63) is 11.6 Å². The highest BCUT2D eigenvalue weighted by Gasteiger charge is 2.27. The first-order valence-corrected chi connectivity index (χ1v) is 5.68. The maximum Gasteiger partial charge on any atom is 0.331 e. The summed E-state index contributed by atoms with van der Waals surface area (Å²) in [7, 11) is -3.56. The van der Waals surface area contributed by atoms with Gasteiger partial charge in [0.1, 0.15) is 0 Å². The highest BCUT2D eigenvalue weighted by Crippen LogP contribution is 2.45. The standard InChI is InChI=1S/C7H14NO4P/c1-3-6(7(9)10)4-13(11,12)5(2)8/h3,5H,4,8H2,1-2H3,(H,9,10)(H,11,12)/b6-3-. The zero-order valence-corrected chi connectivity index (χ0v) is 8.49. The van der Waals surface area contributed by atoms with Crippen LogP contribution in [0, 0.1) is 0 Å². The molecule has 4 N–H and O–H groups in total. The van der Waals surface area contributed by atoms with Crippen LogP contribution in [0.25, 0.3) is 0 Å². The van der Waals surface area contributed by atoms with E-state index in [9.17, 15) is 14.3 Å². The van der Waals surface area contributed by atoms with Gasteiger partial charge in [0, 0.05) is 5.57 Å². The average molecular weight is 207 g/mol. The molecule has 0 aliphatic carbocycles. The highest BCUT2D eigenvalue weighted by atomic mass is 31.2. The molecule has 0 saturated heterocycles. The lowest BCUT2D eigenvalue weighted by Gasteiger charge is -2.14. The summed E-state index contributed by atoms with van der Waals surface area (Å²) in [4.78, 5) is 19.8. The van der Waals surface area contributed by atoms with E-state index in [2.05, 4.69) is 0 Å². The van der Waals surface area contributed by atoms with Gasteiger partial charge in [-0.15, -0.1) is 0 Å². The molecule has 0 rings (SSSR count). The van der Waals surface area contributed by atoms with Gasteiger partial charge in [-0.05, 0) is 13.8 Å². The number of aliphatic carboxylic acids is 1. The fraction of sp³-hybridized carbons (Fsp3) is 0.571. The van der Waals surface area contributed by atoms with Crippen LogP contribution in [0.15, 0.2) is 11.6 Å². The average Bonchev–Trinajstić information content (AvgIpc) is 1.99. The second-order valence-corrected chi connectivity index (χ2v) is 5.42. The lowest BCUT2D eigenvalue weighted by molar-refractivity contribution is -0.132. The van der Waals surface area contributed by atoms with E-state index < -0.39 is 19.1 Å². The molecular weight excluding hydrogens is 193 g/mol. The van der Waals surface area contributed by atoms with E-state index >= 15 is 0 Å². The van der Waals surface area contributed by atoms with Crippen molar-refractivity contribution < 1.29 is 19.4 Å². The molecule has 2 unspecified atom stereocenters. The fourth-order valence-corrected chi connectivity index (χ4v) is 1.76. The zero-order chi connectivity index (χ0) is 10.6. The van der Waals surface area contributed by atoms with Crippen LogP contribution in [0.1, 0.15) is 13.8 Å². The molecule has 6 heteroatoms. The Balaban J connectivity index is 4.61. The number of hydrogen-bond acceptors (Lipinski definition) is 3. The zero-order valence-electron chi connectivity index (χ0n) is 7.60. The van der Waals surface area contributed by atoms with E-state index in [0.717, 1.165) is 0 Å². The van der Waals surface area contributed by atoms with Crippen molar-refractivity contribution in [2.24, 2.45) is 5.73 Å². The Labute approximate surface area is 76.7 Å². The van der Waals surface area contributed by atoms with Gasteiger partial charge in [-0.1, -0.05) is 6.08 Å². The van der Waals surface area contributed by atoms with Gasteiger partial charge in [-0.3, -0.25) is 4.57 Å². The first-order chi connectivity index (χ1) is 5.81. The summed E-state index contributed by atoms with van der Waals surface area (Å²) in [5.41, 5.74) is 5.16. The Morgan fingerprint density at radius 3 is 2.38 bits per heavy atom. The van der Waals surface area contributed by atoms with E-state index in [1.807, 2.05) is 0 Å². The molecule has 0 aromatic rings. The van der Waals surface area contributed by atoms with Crippen molar-refractivity contribution >= 4 is 13.3 Å². The Hall–Kier alpha value is -0.640. The van der Waals surface area contributed by atoms with Crippen LogP contribution in [0.4, 0.5) is 0 Å². The summed E-state index contributed by atoms with van der Waals surface area (Å²) in [6.45, 7) is 2.89. The Bertz CT molecular complexity index is 272. The summed E-state index contributed by atoms with van der Waals surface area (Å²) in [5, 5.41) is 8.58. The monoisotopic (exact) mass is 207 g/mol. The molecule has 76 valence electrons. The summed E-state index contributed by atoms with van der Waals surface area (Å²) in [6, 6.07) is 0. The van der Waals surface area contributed by atoms with Crippen molar-refractivity contribution in [1.82, 2.24) is 0 Å². The smallest absolute Gasteiger partial charge is 0.331 e. The Kier molecular flexibility index (Phi) is 4.33. The molecule has 13 heavy (non-hydrogen) atoms. The van der Waals surface area contributed by atoms with Crippen molar-refractivity contribution in [1.29, 1.82) is 0 Å². The number of rotatable bonds is 4. The van der Waals surface area contributed by atoms with Crippen LogP contribution in [-0.2, 0) is 9.36 Å². The SMILES string of the molecule is C/C=C(/CP(=O)(O)C(C)N)C(=O)O. The number of hydrogen-bond donors (Lipinski definition) is 3. The molecule has 0 amide bonds. The first kappa shape index (κ1) is 12.4. The lowest BCUT2D eigenvalue weighted by Crippen LogP contribution is -2.19. The fourth-order valence-electron chi connectivity index (χ4n) is 0.670. The minimum absolute atomic E-state index is 0.0804. The van der Waals surface area contributed by atoms with E-state index in [1.165, 1.54) is 19.9 Å². The molecule has 5 nitrogen and oxygen atoms in total. The second kappa shape index (κ2) is 4.56. The largest absolute Gasteiger partial charge is 0.478 e. The highest BCUT2D eigenvalue weighted by molar-refractivity contribution is 7.58. The lowest BCUT2D eigenvalue weighted by atomic mass is 10.3. The number of nitrogens with two attached hydrogens (primary N) is 1. The maximum atomic E-state index is 11.3. The molecule has 0 aromatic heterocycles. The van der Waals surface area contributed by atoms with Crippen molar-refractivity contribution in [2.75, 3.05) is 6.16 Å². The Morgan fingerprint density at radius 1 is 1.69 bits per heavy atom. The molecule has 0 aliphatic heterocycles. The summed E-state index contributed by atoms with van der Waals surface area (Å²) >= 11 is 0. The molecule has 0 saturated carbocycles. The topological polar surface area (TPSA) is 101 Å². The van der Waals surface area contributed by atoms with Gasteiger partial charge in [-0.2, -0.15) is 0 Å². The number of allylic oxidation sites excluding steroid dienone is 1. The van der Waals surface area contributed by atoms with Gasteiger partial charge < -0.3 is 15.7 Å². The molecule has 0 aromatic carbocycles. The summed E-state index contributed by atoms with van der Waals surface area (Å²) < 4.78 is 11.3. The van der Waals surface area contributed by atoms with E-state index in [0.29, 0.717) is 0 Å².